The smallest absolute Gasteiger partial charge is 0.186 e. The second-order valence-electron chi connectivity index (χ2n) is 7.63. The first-order valence-corrected chi connectivity index (χ1v) is 9.35. The summed E-state index contributed by atoms with van der Waals surface area (Å²) in [7, 11) is 4.92. The molecule has 0 radical (unpaired) electrons. The fourth-order valence-electron chi connectivity index (χ4n) is 4.26. The molecule has 2 saturated heterocycles. The van der Waals surface area contributed by atoms with Gasteiger partial charge in [0.2, 0.25) is 0 Å². The second-order valence-corrected chi connectivity index (χ2v) is 7.63. The summed E-state index contributed by atoms with van der Waals surface area (Å²) >= 11 is 0. The molecule has 3 aliphatic rings. The van der Waals surface area contributed by atoms with Crippen LogP contribution in [0.1, 0.15) is 31.4 Å². The highest BCUT2D eigenvalue weighted by molar-refractivity contribution is 5.47. The number of benzene rings is 1. The molecule has 5 atom stereocenters. The number of hydrogen-bond acceptors (Lipinski definition) is 7. The maximum Gasteiger partial charge on any atom is 0.186 e. The minimum absolute atomic E-state index is 0.130. The molecule has 3 heterocycles. The Hall–Kier alpha value is -1.38. The molecule has 0 amide bonds. The van der Waals surface area contributed by atoms with E-state index in [9.17, 15) is 0 Å². The van der Waals surface area contributed by atoms with Crippen molar-refractivity contribution in [1.29, 1.82) is 0 Å². The zero-order valence-electron chi connectivity index (χ0n) is 16.5. The van der Waals surface area contributed by atoms with Gasteiger partial charge < -0.3 is 33.2 Å². The molecule has 1 aromatic rings. The van der Waals surface area contributed by atoms with Crippen molar-refractivity contribution in [1.82, 2.24) is 0 Å². The van der Waals surface area contributed by atoms with Crippen molar-refractivity contribution in [2.24, 2.45) is 0 Å². The van der Waals surface area contributed by atoms with Crippen LogP contribution in [0.3, 0.4) is 0 Å². The Morgan fingerprint density at radius 3 is 2.26 bits per heavy atom. The summed E-state index contributed by atoms with van der Waals surface area (Å²) in [6.07, 6.45) is 0.282. The third-order valence-electron chi connectivity index (χ3n) is 5.50. The summed E-state index contributed by atoms with van der Waals surface area (Å²) in [5.74, 6) is 0.739. The molecule has 0 aliphatic carbocycles. The average Bonchev–Trinajstić information content (AvgIpc) is 2.97. The van der Waals surface area contributed by atoms with E-state index >= 15 is 0 Å². The molecule has 4 rings (SSSR count). The Morgan fingerprint density at radius 2 is 1.59 bits per heavy atom. The molecule has 1 aromatic carbocycles. The van der Waals surface area contributed by atoms with E-state index in [4.69, 9.17) is 33.2 Å². The van der Waals surface area contributed by atoms with Crippen molar-refractivity contribution in [2.45, 2.75) is 69.8 Å². The number of rotatable bonds is 3. The van der Waals surface area contributed by atoms with Crippen molar-refractivity contribution in [3.63, 3.8) is 0 Å². The lowest BCUT2D eigenvalue weighted by Gasteiger charge is -2.42. The molecule has 0 spiro atoms. The van der Waals surface area contributed by atoms with Crippen LogP contribution in [0.15, 0.2) is 12.1 Å². The Labute approximate surface area is 159 Å². The van der Waals surface area contributed by atoms with Crippen LogP contribution in [-0.4, -0.2) is 57.8 Å². The molecule has 0 bridgehead atoms. The molecule has 0 N–H and O–H groups in total. The number of ether oxygens (including phenoxy) is 7. The number of hydrogen-bond donors (Lipinski definition) is 0. The zero-order valence-corrected chi connectivity index (χ0v) is 16.5. The minimum atomic E-state index is -0.690. The van der Waals surface area contributed by atoms with E-state index in [-0.39, 0.29) is 24.4 Å². The van der Waals surface area contributed by atoms with E-state index in [2.05, 4.69) is 0 Å². The predicted molar refractivity (Wildman–Crippen MR) is 95.9 cm³/mol. The fourth-order valence-corrected chi connectivity index (χ4v) is 4.26. The van der Waals surface area contributed by atoms with Gasteiger partial charge in [-0.15, -0.1) is 0 Å². The normalized spacial score (nSPS) is 34.6. The summed E-state index contributed by atoms with van der Waals surface area (Å²) in [5.41, 5.74) is 2.27. The van der Waals surface area contributed by atoms with Crippen LogP contribution < -0.4 is 9.47 Å². The van der Waals surface area contributed by atoms with Crippen molar-refractivity contribution in [2.75, 3.05) is 21.3 Å². The summed E-state index contributed by atoms with van der Waals surface area (Å²) in [6.45, 7) is 4.26. The first-order chi connectivity index (χ1) is 13.0. The highest BCUT2D eigenvalue weighted by Gasteiger charge is 2.56. The quantitative estimate of drug-likeness (QED) is 0.798. The van der Waals surface area contributed by atoms with E-state index in [1.54, 1.807) is 21.3 Å². The Balaban J connectivity index is 1.62. The lowest BCUT2D eigenvalue weighted by Crippen LogP contribution is -2.57. The van der Waals surface area contributed by atoms with Gasteiger partial charge in [0, 0.05) is 7.11 Å². The third kappa shape index (κ3) is 3.43. The van der Waals surface area contributed by atoms with E-state index in [0.717, 1.165) is 24.2 Å². The van der Waals surface area contributed by atoms with Gasteiger partial charge in [0.15, 0.2) is 23.6 Å². The summed E-state index contributed by atoms with van der Waals surface area (Å²) in [4.78, 5) is 0. The molecular formula is C20H28O7. The van der Waals surface area contributed by atoms with Crippen molar-refractivity contribution in [3.05, 3.63) is 23.3 Å². The summed E-state index contributed by atoms with van der Waals surface area (Å²) in [5, 5.41) is 0. The summed E-state index contributed by atoms with van der Waals surface area (Å²) in [6, 6.07) is 4.01. The van der Waals surface area contributed by atoms with Gasteiger partial charge in [-0.05, 0) is 49.9 Å². The first-order valence-electron chi connectivity index (χ1n) is 9.35. The monoisotopic (exact) mass is 380 g/mol. The minimum Gasteiger partial charge on any atom is -0.493 e. The molecule has 0 aromatic heterocycles. The SMILES string of the molecule is COc1cc2c(cc1OC)CO[C@H]1[C@@H]3OC(C)(C)O[C@@H]3[C@@H](OC)O[C@@H]1CC2. The topological polar surface area (TPSA) is 64.6 Å². The first kappa shape index (κ1) is 19.0. The molecule has 0 unspecified atom stereocenters. The molecule has 150 valence electrons. The molecule has 3 aliphatic heterocycles. The zero-order chi connectivity index (χ0) is 19.2. The Bertz CT molecular complexity index is 689. The van der Waals surface area contributed by atoms with Crippen molar-refractivity contribution < 1.29 is 33.2 Å². The van der Waals surface area contributed by atoms with E-state index < -0.39 is 12.1 Å². The van der Waals surface area contributed by atoms with Crippen LogP contribution in [0.5, 0.6) is 11.5 Å². The van der Waals surface area contributed by atoms with Gasteiger partial charge in [0.25, 0.3) is 0 Å². The van der Waals surface area contributed by atoms with Gasteiger partial charge in [-0.25, -0.2) is 0 Å². The second kappa shape index (κ2) is 7.22. The highest BCUT2D eigenvalue weighted by Crippen LogP contribution is 2.41. The van der Waals surface area contributed by atoms with Gasteiger partial charge in [-0.3, -0.25) is 0 Å². The van der Waals surface area contributed by atoms with Crippen LogP contribution >= 0.6 is 0 Å². The van der Waals surface area contributed by atoms with Crippen LogP contribution in [0.2, 0.25) is 0 Å². The van der Waals surface area contributed by atoms with Gasteiger partial charge in [-0.1, -0.05) is 0 Å². The van der Waals surface area contributed by atoms with Crippen LogP contribution in [0, 0.1) is 0 Å². The molecule has 2 fully saturated rings. The standard InChI is InChI=1S/C20H28O7/c1-20(2)26-17-16-13(25-19(23-5)18(17)27-20)7-6-11-8-14(21-3)15(22-4)9-12(11)10-24-16/h8-9,13,16-19H,6-7,10H2,1-5H3/t13-,16-,17+,18+,19+/m1/s1. The average molecular weight is 380 g/mol. The molecule has 27 heavy (non-hydrogen) atoms. The molecular weight excluding hydrogens is 352 g/mol. The van der Waals surface area contributed by atoms with Gasteiger partial charge in [-0.2, -0.15) is 0 Å². The lowest BCUT2D eigenvalue weighted by atomic mass is 9.91. The van der Waals surface area contributed by atoms with Gasteiger partial charge >= 0.3 is 0 Å². The Kier molecular flexibility index (Phi) is 5.07. The van der Waals surface area contributed by atoms with E-state index in [1.807, 2.05) is 26.0 Å². The molecule has 7 heteroatoms. The van der Waals surface area contributed by atoms with Crippen LogP contribution in [0.25, 0.3) is 0 Å². The van der Waals surface area contributed by atoms with Crippen LogP contribution in [0.4, 0.5) is 0 Å². The van der Waals surface area contributed by atoms with Crippen molar-refractivity contribution >= 4 is 0 Å². The highest BCUT2D eigenvalue weighted by atomic mass is 16.8. The maximum atomic E-state index is 6.30. The lowest BCUT2D eigenvalue weighted by molar-refractivity contribution is -0.277. The van der Waals surface area contributed by atoms with Gasteiger partial charge in [0.05, 0.1) is 26.9 Å². The number of methoxy groups -OCH3 is 3. The number of aryl methyl sites for hydroxylation is 1. The predicted octanol–water partition coefficient (Wildman–Crippen LogP) is 2.43. The molecule has 7 nitrogen and oxygen atoms in total. The largest absolute Gasteiger partial charge is 0.493 e. The van der Waals surface area contributed by atoms with Crippen LogP contribution in [-0.2, 0) is 36.7 Å². The van der Waals surface area contributed by atoms with Crippen molar-refractivity contribution in [3.8, 4) is 11.5 Å². The molecule has 0 saturated carbocycles. The number of fused-ring (bicyclic) bond motifs is 4. The fraction of sp³-hybridized carbons (Fsp3) is 0.700. The summed E-state index contributed by atoms with van der Waals surface area (Å²) < 4.78 is 41.1. The Morgan fingerprint density at radius 1 is 0.926 bits per heavy atom. The maximum absolute atomic E-state index is 6.30. The van der Waals surface area contributed by atoms with E-state index in [0.29, 0.717) is 12.4 Å². The third-order valence-corrected chi connectivity index (χ3v) is 5.50. The van der Waals surface area contributed by atoms with E-state index in [1.165, 1.54) is 5.56 Å². The van der Waals surface area contributed by atoms with Gasteiger partial charge in [0.1, 0.15) is 18.3 Å².